The number of nitrogens with zero attached hydrogens (tertiary/aromatic N) is 5. The summed E-state index contributed by atoms with van der Waals surface area (Å²) in [6.07, 6.45) is 0. The summed E-state index contributed by atoms with van der Waals surface area (Å²) < 4.78 is 131. The van der Waals surface area contributed by atoms with Crippen LogP contribution in [0.5, 0.6) is 0 Å². The largest absolute Gasteiger partial charge is 0.456 e. The maximum absolute atomic E-state index is 8.93. The van der Waals surface area contributed by atoms with Crippen LogP contribution in [0.4, 0.5) is 0 Å². The van der Waals surface area contributed by atoms with Crippen molar-refractivity contribution < 1.29 is 23.6 Å². The van der Waals surface area contributed by atoms with Gasteiger partial charge in [-0.3, -0.25) is 0 Å². The lowest BCUT2D eigenvalue weighted by atomic mass is 10.1. The molecular formula is C51H31N5O. The molecule has 0 spiro atoms. The summed E-state index contributed by atoms with van der Waals surface area (Å²) >= 11 is 0. The quantitative estimate of drug-likeness (QED) is 0.176. The Hall–Kier alpha value is -7.83. The first-order valence-electron chi connectivity index (χ1n) is 25.0. The van der Waals surface area contributed by atoms with Crippen LogP contribution in [0, 0.1) is 0 Å². The van der Waals surface area contributed by atoms with Gasteiger partial charge in [-0.1, -0.05) is 96.8 Å². The number of aromatic nitrogens is 5. The van der Waals surface area contributed by atoms with Crippen LogP contribution in [0.3, 0.4) is 0 Å². The second kappa shape index (κ2) is 12.3. The second-order valence-electron chi connectivity index (χ2n) is 13.4. The number of hydrogen-bond acceptors (Lipinski definition) is 4. The summed E-state index contributed by atoms with van der Waals surface area (Å²) in [6.45, 7) is 0. The number of furan rings is 1. The zero-order valence-corrected chi connectivity index (χ0v) is 29.5. The molecule has 12 rings (SSSR count). The molecule has 6 heteroatoms. The Balaban J connectivity index is 1.04. The van der Waals surface area contributed by atoms with Crippen LogP contribution < -0.4 is 0 Å². The van der Waals surface area contributed by atoms with Crippen LogP contribution in [0.25, 0.3) is 111 Å². The topological polar surface area (TPSA) is 61.7 Å². The van der Waals surface area contributed by atoms with Gasteiger partial charge in [-0.25, -0.2) is 15.0 Å². The van der Waals surface area contributed by atoms with E-state index in [9.17, 15) is 0 Å². The van der Waals surface area contributed by atoms with Gasteiger partial charge in [-0.2, -0.15) is 0 Å². The van der Waals surface area contributed by atoms with Gasteiger partial charge in [0, 0.05) is 60.4 Å². The Kier molecular flexibility index (Phi) is 4.49. The lowest BCUT2D eigenvalue weighted by Gasteiger charge is -2.12. The summed E-state index contributed by atoms with van der Waals surface area (Å²) in [5, 5.41) is 2.05. The monoisotopic (exact) mass is 743 g/mol. The summed E-state index contributed by atoms with van der Waals surface area (Å²) in [4.78, 5) is 14.8. The van der Waals surface area contributed by atoms with Crippen molar-refractivity contribution in [1.29, 1.82) is 0 Å². The molecule has 4 aromatic heterocycles. The van der Waals surface area contributed by atoms with Gasteiger partial charge in [-0.05, 0) is 90.9 Å². The molecule has 0 aliphatic carbocycles. The van der Waals surface area contributed by atoms with Crippen molar-refractivity contribution in [1.82, 2.24) is 24.1 Å². The molecule has 0 N–H and O–H groups in total. The molecule has 0 aliphatic heterocycles. The molecule has 0 radical (unpaired) electrons. The SMILES string of the molecule is [2H]c1cc([2H])c2c(c1[2H])c1c([2H])c([2H])cc([2H])c1n2-c1ccc(-c2nc(-c3ccc(-n4c5c([2H])c([2H])c([2H])c([2H])c5c5c([2H])c([2H])c([2H])c([2H])c54)cc3)nc(-c3ccc4c(c3)oc3ccccc34)n2)cc1. The first-order chi connectivity index (χ1) is 34.0. The van der Waals surface area contributed by atoms with E-state index < -0.39 is 48.3 Å². The highest BCUT2D eigenvalue weighted by atomic mass is 16.3. The average Bonchev–Trinajstić information content (AvgIpc) is 4.06. The van der Waals surface area contributed by atoms with Gasteiger partial charge in [0.05, 0.1) is 41.3 Å². The van der Waals surface area contributed by atoms with Crippen molar-refractivity contribution in [3.05, 3.63) is 188 Å². The molecule has 0 bridgehead atoms. The molecule has 0 aliphatic rings. The van der Waals surface area contributed by atoms with Crippen molar-refractivity contribution in [2.75, 3.05) is 0 Å². The Labute approximate surface area is 346 Å². The van der Waals surface area contributed by atoms with Gasteiger partial charge in [0.2, 0.25) is 0 Å². The fourth-order valence-corrected chi connectivity index (χ4v) is 7.60. The Morgan fingerprint density at radius 2 is 0.807 bits per heavy atom. The van der Waals surface area contributed by atoms with Crippen LogP contribution >= 0.6 is 0 Å². The van der Waals surface area contributed by atoms with E-state index in [1.165, 1.54) is 16.7 Å². The third kappa shape index (κ3) is 4.94. The fraction of sp³-hybridized carbons (Fsp3) is 0. The first-order valence-corrected chi connectivity index (χ1v) is 18.0. The van der Waals surface area contributed by atoms with E-state index in [1.807, 2.05) is 42.5 Å². The highest BCUT2D eigenvalue weighted by Gasteiger charge is 2.17. The Bertz CT molecular complexity index is 4190. The summed E-state index contributed by atoms with van der Waals surface area (Å²) in [5.74, 6) is 0.780. The van der Waals surface area contributed by atoms with Crippen LogP contribution in [0.15, 0.2) is 192 Å². The summed E-state index contributed by atoms with van der Waals surface area (Å²) in [5.41, 5.74) is 4.20. The molecule has 8 aromatic carbocycles. The number of benzene rings is 8. The first kappa shape index (κ1) is 20.7. The normalized spacial score (nSPS) is 15.3. The zero-order chi connectivity index (χ0) is 49.6. The predicted molar refractivity (Wildman–Crippen MR) is 232 cm³/mol. The molecule has 0 saturated carbocycles. The van der Waals surface area contributed by atoms with E-state index in [0.29, 0.717) is 45.1 Å². The number of para-hydroxylation sites is 5. The van der Waals surface area contributed by atoms with E-state index in [0.717, 1.165) is 10.8 Å². The second-order valence-corrected chi connectivity index (χ2v) is 13.4. The lowest BCUT2D eigenvalue weighted by Crippen LogP contribution is -2.01. The van der Waals surface area contributed by atoms with Crippen molar-refractivity contribution in [2.24, 2.45) is 0 Å². The van der Waals surface area contributed by atoms with E-state index >= 15 is 0 Å². The van der Waals surface area contributed by atoms with E-state index in [1.54, 1.807) is 53.1 Å². The third-order valence-electron chi connectivity index (χ3n) is 10.2. The minimum atomic E-state index is -0.534. The van der Waals surface area contributed by atoms with Gasteiger partial charge in [0.15, 0.2) is 17.5 Å². The number of rotatable bonds is 5. The number of fused-ring (bicyclic) bond motifs is 9. The highest BCUT2D eigenvalue weighted by Crippen LogP contribution is 2.36. The van der Waals surface area contributed by atoms with Crippen LogP contribution in [0.1, 0.15) is 19.2 Å². The Morgan fingerprint density at radius 3 is 1.37 bits per heavy atom. The van der Waals surface area contributed by atoms with Gasteiger partial charge in [-0.15, -0.1) is 0 Å². The zero-order valence-electron chi connectivity index (χ0n) is 43.5. The molecule has 0 amide bonds. The van der Waals surface area contributed by atoms with Gasteiger partial charge in [0.25, 0.3) is 0 Å². The number of hydrogen-bond donors (Lipinski definition) is 0. The van der Waals surface area contributed by atoms with Crippen molar-refractivity contribution in [3.63, 3.8) is 0 Å². The molecule has 4 heterocycles. The average molecular weight is 744 g/mol. The van der Waals surface area contributed by atoms with Gasteiger partial charge >= 0.3 is 0 Å². The highest BCUT2D eigenvalue weighted by molar-refractivity contribution is 6.10. The smallest absolute Gasteiger partial charge is 0.164 e. The molecule has 57 heavy (non-hydrogen) atoms. The van der Waals surface area contributed by atoms with Crippen LogP contribution in [-0.4, -0.2) is 24.1 Å². The molecule has 0 unspecified atom stereocenters. The predicted octanol–water partition coefficient (Wildman–Crippen LogP) is 13.0. The van der Waals surface area contributed by atoms with Crippen molar-refractivity contribution >= 4 is 65.6 Å². The molecular weight excluding hydrogens is 699 g/mol. The van der Waals surface area contributed by atoms with Crippen LogP contribution in [0.2, 0.25) is 0 Å². The van der Waals surface area contributed by atoms with E-state index in [-0.39, 0.29) is 91.5 Å². The third-order valence-corrected chi connectivity index (χ3v) is 10.2. The molecule has 12 aromatic rings. The molecule has 6 nitrogen and oxygen atoms in total. The molecule has 266 valence electrons. The van der Waals surface area contributed by atoms with Crippen molar-refractivity contribution in [2.45, 2.75) is 0 Å². The molecule has 0 saturated heterocycles. The standard InChI is InChI=1S/C51H31N5O/c1-6-16-43-37(11-1)38-12-2-7-17-44(38)55(43)35-26-21-32(22-27-35)49-52-50(54-51(53-49)34-25-30-42-41-15-5-10-20-47(41)57-48(42)31-34)33-23-28-36(29-24-33)56-45-18-8-3-13-39(45)40-14-4-9-19-46(40)56/h1-31H/i1D,2D,3D,4D,6D,7D,11D,12D,13D,14D,16D,17D,18D,19D. The molecule has 0 atom stereocenters. The summed E-state index contributed by atoms with van der Waals surface area (Å²) in [7, 11) is 0. The lowest BCUT2D eigenvalue weighted by molar-refractivity contribution is 0.669. The van der Waals surface area contributed by atoms with Crippen LogP contribution in [-0.2, 0) is 0 Å². The van der Waals surface area contributed by atoms with Gasteiger partial charge < -0.3 is 13.6 Å². The molecule has 0 fully saturated rings. The minimum Gasteiger partial charge on any atom is -0.456 e. The Morgan fingerprint density at radius 1 is 0.368 bits per heavy atom. The maximum Gasteiger partial charge on any atom is 0.164 e. The van der Waals surface area contributed by atoms with E-state index in [4.69, 9.17) is 38.6 Å². The maximum atomic E-state index is 8.93. The minimum absolute atomic E-state index is 0.0127. The van der Waals surface area contributed by atoms with E-state index in [2.05, 4.69) is 0 Å². The fourth-order valence-electron chi connectivity index (χ4n) is 7.60. The summed E-state index contributed by atoms with van der Waals surface area (Å²) in [6, 6.07) is 24.7. The van der Waals surface area contributed by atoms with Gasteiger partial charge in [0.1, 0.15) is 11.2 Å². The van der Waals surface area contributed by atoms with Crippen molar-refractivity contribution in [3.8, 4) is 45.5 Å².